The van der Waals surface area contributed by atoms with Crippen LogP contribution < -0.4 is 5.32 Å². The molecule has 2 N–H and O–H groups in total. The third kappa shape index (κ3) is 0.867. The van der Waals surface area contributed by atoms with Gasteiger partial charge >= 0.3 is 0 Å². The maximum absolute atomic E-state index is 9.50. The average Bonchev–Trinajstić information content (AvgIpc) is 2.03. The lowest BCUT2D eigenvalue weighted by molar-refractivity contribution is 0.156. The summed E-state index contributed by atoms with van der Waals surface area (Å²) in [6, 6.07) is 0.402. The molecule has 0 spiro atoms. The van der Waals surface area contributed by atoms with Crippen LogP contribution >= 0.6 is 0 Å². The van der Waals surface area contributed by atoms with E-state index in [1.54, 1.807) is 0 Å². The molecule has 2 saturated heterocycles. The minimum atomic E-state index is -0.0764. The standard InChI is InChI=1S/C8H15NO/c1-8-4-2-3-6(9-8)7(10)5-8/h6-7,9-10H,2-5H2,1H3. The monoisotopic (exact) mass is 141 g/mol. The summed E-state index contributed by atoms with van der Waals surface area (Å²) in [5, 5.41) is 13.0. The van der Waals surface area contributed by atoms with Gasteiger partial charge in [0.15, 0.2) is 0 Å². The minimum absolute atomic E-state index is 0.0764. The number of hydrogen-bond acceptors (Lipinski definition) is 2. The van der Waals surface area contributed by atoms with Crippen molar-refractivity contribution >= 4 is 0 Å². The highest BCUT2D eigenvalue weighted by Gasteiger charge is 2.43. The van der Waals surface area contributed by atoms with Crippen LogP contribution in [0.3, 0.4) is 0 Å². The highest BCUT2D eigenvalue weighted by atomic mass is 16.3. The van der Waals surface area contributed by atoms with E-state index >= 15 is 0 Å². The molecule has 0 aromatic rings. The molecule has 2 nitrogen and oxygen atoms in total. The molecule has 0 aromatic heterocycles. The van der Waals surface area contributed by atoms with Gasteiger partial charge in [-0.15, -0.1) is 0 Å². The van der Waals surface area contributed by atoms with Crippen LogP contribution in [0.5, 0.6) is 0 Å². The smallest absolute Gasteiger partial charge is 0.0710 e. The number of aliphatic hydroxyl groups excluding tert-OH is 1. The van der Waals surface area contributed by atoms with E-state index in [9.17, 15) is 5.11 Å². The van der Waals surface area contributed by atoms with Gasteiger partial charge in [0, 0.05) is 11.6 Å². The Morgan fingerprint density at radius 1 is 1.60 bits per heavy atom. The Balaban J connectivity index is 2.16. The summed E-state index contributed by atoms with van der Waals surface area (Å²) < 4.78 is 0. The molecule has 3 unspecified atom stereocenters. The van der Waals surface area contributed by atoms with Crippen molar-refractivity contribution in [3.8, 4) is 0 Å². The summed E-state index contributed by atoms with van der Waals surface area (Å²) in [7, 11) is 0. The van der Waals surface area contributed by atoms with Gasteiger partial charge in [0.25, 0.3) is 0 Å². The molecule has 58 valence electrons. The first-order valence-electron chi connectivity index (χ1n) is 4.15. The topological polar surface area (TPSA) is 32.3 Å². The quantitative estimate of drug-likeness (QED) is 0.519. The lowest BCUT2D eigenvalue weighted by atomic mass is 9.93. The van der Waals surface area contributed by atoms with Crippen molar-refractivity contribution in [1.82, 2.24) is 5.32 Å². The second-order valence-electron chi connectivity index (χ2n) is 3.98. The fraction of sp³-hybridized carbons (Fsp3) is 1.00. The highest BCUT2D eigenvalue weighted by Crippen LogP contribution is 2.34. The summed E-state index contributed by atoms with van der Waals surface area (Å²) in [4.78, 5) is 0. The summed E-state index contributed by atoms with van der Waals surface area (Å²) in [6.07, 6.45) is 4.56. The van der Waals surface area contributed by atoms with Crippen molar-refractivity contribution < 1.29 is 5.11 Å². The zero-order valence-corrected chi connectivity index (χ0v) is 6.43. The molecule has 2 heterocycles. The van der Waals surface area contributed by atoms with Gasteiger partial charge in [-0.2, -0.15) is 0 Å². The van der Waals surface area contributed by atoms with Crippen LogP contribution in [0.2, 0.25) is 0 Å². The van der Waals surface area contributed by atoms with E-state index in [2.05, 4.69) is 12.2 Å². The predicted octanol–water partition coefficient (Wildman–Crippen LogP) is 0.652. The summed E-state index contributed by atoms with van der Waals surface area (Å²) in [5.74, 6) is 0. The van der Waals surface area contributed by atoms with Crippen LogP contribution in [-0.4, -0.2) is 22.8 Å². The Bertz CT molecular complexity index is 144. The molecule has 2 rings (SSSR count). The molecule has 3 atom stereocenters. The molecule has 0 radical (unpaired) electrons. The molecule has 0 aliphatic carbocycles. The van der Waals surface area contributed by atoms with Gasteiger partial charge in [0.2, 0.25) is 0 Å². The van der Waals surface area contributed by atoms with Crippen LogP contribution in [0.1, 0.15) is 32.6 Å². The molecule has 2 bridgehead atoms. The zero-order chi connectivity index (χ0) is 7.19. The maximum atomic E-state index is 9.50. The predicted molar refractivity (Wildman–Crippen MR) is 39.8 cm³/mol. The third-order valence-corrected chi connectivity index (χ3v) is 2.90. The number of rotatable bonds is 0. The van der Waals surface area contributed by atoms with Crippen molar-refractivity contribution in [2.45, 2.75) is 50.3 Å². The second-order valence-corrected chi connectivity index (χ2v) is 3.98. The van der Waals surface area contributed by atoms with E-state index in [1.807, 2.05) is 0 Å². The van der Waals surface area contributed by atoms with E-state index in [1.165, 1.54) is 12.8 Å². The number of hydrogen-bond donors (Lipinski definition) is 2. The van der Waals surface area contributed by atoms with E-state index < -0.39 is 0 Å². The molecular weight excluding hydrogens is 126 g/mol. The van der Waals surface area contributed by atoms with Gasteiger partial charge in [-0.1, -0.05) is 0 Å². The summed E-state index contributed by atoms with van der Waals surface area (Å²) in [5.41, 5.74) is 0.266. The summed E-state index contributed by atoms with van der Waals surface area (Å²) in [6.45, 7) is 2.22. The summed E-state index contributed by atoms with van der Waals surface area (Å²) >= 11 is 0. The number of fused-ring (bicyclic) bond motifs is 2. The maximum Gasteiger partial charge on any atom is 0.0710 e. The van der Waals surface area contributed by atoms with Gasteiger partial charge in [0.1, 0.15) is 0 Å². The van der Waals surface area contributed by atoms with Gasteiger partial charge in [-0.05, 0) is 32.6 Å². The van der Waals surface area contributed by atoms with Gasteiger partial charge < -0.3 is 10.4 Å². The van der Waals surface area contributed by atoms with Crippen molar-refractivity contribution in [2.24, 2.45) is 0 Å². The highest BCUT2D eigenvalue weighted by molar-refractivity contribution is 5.02. The minimum Gasteiger partial charge on any atom is -0.391 e. The SMILES string of the molecule is CC12CCCC(N1)C(O)C2. The van der Waals surface area contributed by atoms with E-state index in [4.69, 9.17) is 0 Å². The van der Waals surface area contributed by atoms with Crippen molar-refractivity contribution in [1.29, 1.82) is 0 Å². The number of aliphatic hydroxyl groups is 1. The second kappa shape index (κ2) is 1.95. The van der Waals surface area contributed by atoms with Crippen LogP contribution in [-0.2, 0) is 0 Å². The fourth-order valence-electron chi connectivity index (χ4n) is 2.36. The Kier molecular flexibility index (Phi) is 1.29. The third-order valence-electron chi connectivity index (χ3n) is 2.90. The first-order chi connectivity index (χ1) is 4.70. The molecule has 2 aliphatic heterocycles. The molecule has 0 amide bonds. The van der Waals surface area contributed by atoms with Gasteiger partial charge in [0.05, 0.1) is 6.10 Å². The Morgan fingerprint density at radius 3 is 3.00 bits per heavy atom. The molecule has 10 heavy (non-hydrogen) atoms. The van der Waals surface area contributed by atoms with Crippen LogP contribution in [0.25, 0.3) is 0 Å². The molecule has 2 heteroatoms. The fourth-order valence-corrected chi connectivity index (χ4v) is 2.36. The van der Waals surface area contributed by atoms with E-state index in [0.717, 1.165) is 12.8 Å². The molecule has 2 aliphatic rings. The average molecular weight is 141 g/mol. The van der Waals surface area contributed by atoms with Crippen LogP contribution in [0.4, 0.5) is 0 Å². The zero-order valence-electron chi connectivity index (χ0n) is 6.43. The van der Waals surface area contributed by atoms with Crippen molar-refractivity contribution in [3.63, 3.8) is 0 Å². The Labute approximate surface area is 61.6 Å². The molecular formula is C8H15NO. The van der Waals surface area contributed by atoms with Gasteiger partial charge in [-0.25, -0.2) is 0 Å². The van der Waals surface area contributed by atoms with Gasteiger partial charge in [-0.3, -0.25) is 0 Å². The van der Waals surface area contributed by atoms with Crippen molar-refractivity contribution in [3.05, 3.63) is 0 Å². The molecule has 0 saturated carbocycles. The Hall–Kier alpha value is -0.0800. The van der Waals surface area contributed by atoms with E-state index in [-0.39, 0.29) is 11.6 Å². The Morgan fingerprint density at radius 2 is 2.40 bits per heavy atom. The lowest BCUT2D eigenvalue weighted by Crippen LogP contribution is -2.44. The van der Waals surface area contributed by atoms with Crippen LogP contribution in [0, 0.1) is 0 Å². The number of piperidine rings is 1. The van der Waals surface area contributed by atoms with Crippen LogP contribution in [0.15, 0.2) is 0 Å². The van der Waals surface area contributed by atoms with E-state index in [0.29, 0.717) is 6.04 Å². The lowest BCUT2D eigenvalue weighted by Gasteiger charge is -2.30. The normalized spacial score (nSPS) is 53.4. The first-order valence-corrected chi connectivity index (χ1v) is 4.15. The first kappa shape index (κ1) is 6.62. The molecule has 0 aromatic carbocycles. The number of nitrogens with one attached hydrogen (secondary N) is 1. The molecule has 2 fully saturated rings. The largest absolute Gasteiger partial charge is 0.391 e. The van der Waals surface area contributed by atoms with Crippen molar-refractivity contribution in [2.75, 3.05) is 0 Å².